The lowest BCUT2D eigenvalue weighted by atomic mass is 10.0. The van der Waals surface area contributed by atoms with Gasteiger partial charge in [0.1, 0.15) is 5.88 Å². The molecule has 1 unspecified atom stereocenters. The van der Waals surface area contributed by atoms with E-state index in [9.17, 15) is 8.42 Å². The van der Waals surface area contributed by atoms with Crippen LogP contribution in [0.15, 0.2) is 46.5 Å². The van der Waals surface area contributed by atoms with Crippen LogP contribution >= 0.6 is 0 Å². The van der Waals surface area contributed by atoms with E-state index in [1.165, 1.54) is 0 Å². The Bertz CT molecular complexity index is 869. The summed E-state index contributed by atoms with van der Waals surface area (Å²) in [6.07, 6.45) is 5.59. The number of aliphatic imine (C=N–C) groups is 1. The van der Waals surface area contributed by atoms with Crippen LogP contribution in [0.5, 0.6) is 0 Å². The normalized spacial score (nSPS) is 23.4. The molecule has 0 amide bonds. The third-order valence-electron chi connectivity index (χ3n) is 5.12. The zero-order valence-corrected chi connectivity index (χ0v) is 13.7. The average molecular weight is 329 g/mol. The van der Waals surface area contributed by atoms with Gasteiger partial charge >= 0.3 is 0 Å². The number of aromatic nitrogens is 1. The molecule has 23 heavy (non-hydrogen) atoms. The minimum Gasteiger partial charge on any atom is -0.296 e. The zero-order valence-electron chi connectivity index (χ0n) is 12.9. The molecular weight excluding hydrogens is 310 g/mol. The van der Waals surface area contributed by atoms with Gasteiger partial charge in [0.25, 0.3) is 0 Å². The Kier molecular flexibility index (Phi) is 3.28. The summed E-state index contributed by atoms with van der Waals surface area (Å²) >= 11 is 0. The van der Waals surface area contributed by atoms with Crippen LogP contribution in [-0.2, 0) is 9.84 Å². The molecule has 0 radical (unpaired) electrons. The maximum absolute atomic E-state index is 12.9. The third-order valence-corrected chi connectivity index (χ3v) is 6.85. The monoisotopic (exact) mass is 329 g/mol. The lowest BCUT2D eigenvalue weighted by molar-refractivity contribution is 0.364. The number of fused-ring (bicyclic) bond motifs is 1. The number of benzene rings is 1. The van der Waals surface area contributed by atoms with Gasteiger partial charge in [-0.3, -0.25) is 14.9 Å². The van der Waals surface area contributed by atoms with Gasteiger partial charge in [-0.1, -0.05) is 12.1 Å². The molecule has 1 saturated heterocycles. The lowest BCUT2D eigenvalue weighted by Gasteiger charge is -2.16. The van der Waals surface area contributed by atoms with E-state index in [2.05, 4.69) is 16.7 Å². The molecule has 1 aliphatic heterocycles. The van der Waals surface area contributed by atoms with Crippen LogP contribution in [0.2, 0.25) is 0 Å². The second-order valence-electron chi connectivity index (χ2n) is 6.67. The largest absolute Gasteiger partial charge is 0.296 e. The van der Waals surface area contributed by atoms with Crippen LogP contribution in [0.3, 0.4) is 0 Å². The molecule has 0 bridgehead atoms. The van der Waals surface area contributed by atoms with E-state index in [0.29, 0.717) is 11.4 Å². The van der Waals surface area contributed by atoms with Crippen LogP contribution in [0.25, 0.3) is 10.8 Å². The van der Waals surface area contributed by atoms with E-state index in [4.69, 9.17) is 0 Å². The number of likely N-dealkylation sites (tertiary alicyclic amines) is 1. The molecule has 1 aromatic heterocycles. The highest BCUT2D eigenvalue weighted by Gasteiger charge is 2.55. The molecule has 1 atom stereocenters. The number of hydrogen-bond donors (Lipinski definition) is 0. The molecule has 4 rings (SSSR count). The first-order valence-electron chi connectivity index (χ1n) is 7.78. The minimum absolute atomic E-state index is 0.0439. The Morgan fingerprint density at radius 1 is 1.35 bits per heavy atom. The highest BCUT2D eigenvalue weighted by atomic mass is 32.2. The summed E-state index contributed by atoms with van der Waals surface area (Å²) in [6, 6.07) is 7.28. The van der Waals surface area contributed by atoms with Crippen LogP contribution in [0, 0.1) is 5.41 Å². The van der Waals surface area contributed by atoms with Gasteiger partial charge < -0.3 is 0 Å². The second kappa shape index (κ2) is 5.11. The fourth-order valence-electron chi connectivity index (χ4n) is 3.73. The molecule has 2 heterocycles. The summed E-state index contributed by atoms with van der Waals surface area (Å²) in [6.45, 7) is 5.17. The molecule has 2 aliphatic rings. The molecule has 1 spiro atoms. The Morgan fingerprint density at radius 3 is 2.87 bits per heavy atom. The highest BCUT2D eigenvalue weighted by molar-refractivity contribution is 7.91. The summed E-state index contributed by atoms with van der Waals surface area (Å²) in [5, 5.41) is 1.58. The SMILES string of the molecule is C=NC1CN(CS(=O)(=O)c2cccc3cnccc23)CC12CC2. The van der Waals surface area contributed by atoms with Gasteiger partial charge in [0.15, 0.2) is 9.84 Å². The van der Waals surface area contributed by atoms with Crippen molar-refractivity contribution in [3.8, 4) is 0 Å². The predicted octanol–water partition coefficient (Wildman–Crippen LogP) is 2.13. The maximum Gasteiger partial charge on any atom is 0.192 e. The molecule has 1 aromatic carbocycles. The Labute approximate surface area is 136 Å². The Hall–Kier alpha value is -1.79. The Balaban J connectivity index is 1.64. The average Bonchev–Trinajstić information content (AvgIpc) is 3.22. The number of hydrogen-bond acceptors (Lipinski definition) is 5. The third kappa shape index (κ3) is 2.46. The van der Waals surface area contributed by atoms with Gasteiger partial charge in [0, 0.05) is 41.7 Å². The van der Waals surface area contributed by atoms with Crippen LogP contribution in [0.4, 0.5) is 0 Å². The fraction of sp³-hybridized carbons (Fsp3) is 0.412. The van der Waals surface area contributed by atoms with Gasteiger partial charge in [0.05, 0.1) is 10.9 Å². The Morgan fingerprint density at radius 2 is 2.17 bits per heavy atom. The first-order valence-corrected chi connectivity index (χ1v) is 9.43. The minimum atomic E-state index is -3.39. The van der Waals surface area contributed by atoms with E-state index >= 15 is 0 Å². The van der Waals surface area contributed by atoms with Gasteiger partial charge in [-0.25, -0.2) is 8.42 Å². The van der Waals surface area contributed by atoms with Crippen LogP contribution in [0.1, 0.15) is 12.8 Å². The zero-order chi connectivity index (χ0) is 16.1. The van der Waals surface area contributed by atoms with Crippen molar-refractivity contribution >= 4 is 27.3 Å². The first kappa shape index (κ1) is 14.8. The van der Waals surface area contributed by atoms with Crippen molar-refractivity contribution in [2.24, 2.45) is 10.4 Å². The lowest BCUT2D eigenvalue weighted by Crippen LogP contribution is -2.28. The topological polar surface area (TPSA) is 62.6 Å². The smallest absolute Gasteiger partial charge is 0.192 e. The molecule has 1 aliphatic carbocycles. The first-order chi connectivity index (χ1) is 11.0. The summed E-state index contributed by atoms with van der Waals surface area (Å²) in [7, 11) is -3.39. The van der Waals surface area contributed by atoms with Crippen molar-refractivity contribution < 1.29 is 8.42 Å². The summed E-state index contributed by atoms with van der Waals surface area (Å²) in [5.41, 5.74) is 0.194. The molecule has 5 nitrogen and oxygen atoms in total. The fourth-order valence-corrected chi connectivity index (χ4v) is 5.35. The molecule has 6 heteroatoms. The van der Waals surface area contributed by atoms with E-state index in [1.807, 2.05) is 11.0 Å². The standard InChI is InChI=1S/C17H19N3O2S/c1-18-16-10-20(11-17(16)6-7-17)12-23(21,22)15-4-2-3-13-9-19-8-5-14(13)15/h2-5,8-9,16H,1,6-7,10-12H2. The van der Waals surface area contributed by atoms with Gasteiger partial charge in [-0.15, -0.1) is 0 Å². The molecular formula is C17H19N3O2S. The quantitative estimate of drug-likeness (QED) is 0.806. The van der Waals surface area contributed by atoms with Crippen molar-refractivity contribution in [3.63, 3.8) is 0 Å². The second-order valence-corrected chi connectivity index (χ2v) is 8.60. The predicted molar refractivity (Wildman–Crippen MR) is 90.4 cm³/mol. The number of sulfone groups is 1. The van der Waals surface area contributed by atoms with Crippen molar-refractivity contribution in [1.29, 1.82) is 0 Å². The van der Waals surface area contributed by atoms with Crippen molar-refractivity contribution in [2.45, 2.75) is 23.8 Å². The van der Waals surface area contributed by atoms with Gasteiger partial charge in [0.2, 0.25) is 0 Å². The van der Waals surface area contributed by atoms with E-state index in [1.54, 1.807) is 30.6 Å². The molecule has 0 N–H and O–H groups in total. The number of nitrogens with zero attached hydrogens (tertiary/aromatic N) is 3. The van der Waals surface area contributed by atoms with E-state index in [-0.39, 0.29) is 17.3 Å². The summed E-state index contributed by atoms with van der Waals surface area (Å²) < 4.78 is 25.8. The van der Waals surface area contributed by atoms with E-state index < -0.39 is 9.84 Å². The molecule has 120 valence electrons. The summed E-state index contributed by atoms with van der Waals surface area (Å²) in [4.78, 5) is 10.7. The van der Waals surface area contributed by atoms with E-state index in [0.717, 1.165) is 30.2 Å². The van der Waals surface area contributed by atoms with Gasteiger partial charge in [-0.2, -0.15) is 0 Å². The van der Waals surface area contributed by atoms with Crippen molar-refractivity contribution in [1.82, 2.24) is 9.88 Å². The number of pyridine rings is 1. The van der Waals surface area contributed by atoms with Crippen molar-refractivity contribution in [3.05, 3.63) is 36.7 Å². The highest BCUT2D eigenvalue weighted by Crippen LogP contribution is 2.54. The summed E-state index contributed by atoms with van der Waals surface area (Å²) in [5.74, 6) is 0.0439. The molecule has 2 fully saturated rings. The number of rotatable bonds is 4. The maximum atomic E-state index is 12.9. The van der Waals surface area contributed by atoms with Crippen molar-refractivity contribution in [2.75, 3.05) is 19.0 Å². The molecule has 1 saturated carbocycles. The molecule has 2 aromatic rings. The van der Waals surface area contributed by atoms with Crippen LogP contribution in [-0.4, -0.2) is 50.0 Å². The van der Waals surface area contributed by atoms with Crippen LogP contribution < -0.4 is 0 Å². The van der Waals surface area contributed by atoms with Gasteiger partial charge in [-0.05, 0) is 31.7 Å².